The summed E-state index contributed by atoms with van der Waals surface area (Å²) in [5.41, 5.74) is 0.300. The zero-order valence-electron chi connectivity index (χ0n) is 9.47. The van der Waals surface area contributed by atoms with Gasteiger partial charge >= 0.3 is 0 Å². The van der Waals surface area contributed by atoms with Gasteiger partial charge in [0.1, 0.15) is 11.9 Å². The van der Waals surface area contributed by atoms with E-state index in [2.05, 4.69) is 33.1 Å². The zero-order valence-corrected chi connectivity index (χ0v) is 11.1. The summed E-state index contributed by atoms with van der Waals surface area (Å²) >= 11 is 3.17. The Hall–Kier alpha value is -1.36. The van der Waals surface area contributed by atoms with Gasteiger partial charge in [0.2, 0.25) is 5.91 Å². The Labute approximate surface area is 108 Å². The average Bonchev–Trinajstić information content (AvgIpc) is 2.29. The molecule has 1 amide bonds. The van der Waals surface area contributed by atoms with Crippen molar-refractivity contribution in [3.63, 3.8) is 0 Å². The van der Waals surface area contributed by atoms with Gasteiger partial charge in [0.05, 0.1) is 5.69 Å². The summed E-state index contributed by atoms with van der Waals surface area (Å²) in [6.07, 6.45) is 1.59. The highest BCUT2D eigenvalue weighted by atomic mass is 79.9. The maximum absolute atomic E-state index is 13.5. The van der Waals surface area contributed by atoms with Crippen LogP contribution in [0.1, 0.15) is 6.92 Å². The van der Waals surface area contributed by atoms with Crippen molar-refractivity contribution >= 4 is 27.5 Å². The molecule has 17 heavy (non-hydrogen) atoms. The maximum Gasteiger partial charge on any atom is 0.242 e. The number of halogens is 2. The van der Waals surface area contributed by atoms with Crippen LogP contribution in [0.15, 0.2) is 35.3 Å². The molecule has 0 aromatic heterocycles. The minimum Gasteiger partial charge on any atom is -0.372 e. The summed E-state index contributed by atoms with van der Waals surface area (Å²) in [7, 11) is 0. The van der Waals surface area contributed by atoms with Gasteiger partial charge in [-0.2, -0.15) is 0 Å². The van der Waals surface area contributed by atoms with Crippen molar-refractivity contribution in [2.45, 2.75) is 13.0 Å². The predicted molar refractivity (Wildman–Crippen MR) is 70.4 cm³/mol. The van der Waals surface area contributed by atoms with Crippen LogP contribution in [0.3, 0.4) is 0 Å². The lowest BCUT2D eigenvalue weighted by Gasteiger charge is -2.15. The lowest BCUT2D eigenvalue weighted by molar-refractivity contribution is -0.121. The standard InChI is InChI=1S/C12H14BrFN2O/c1-3-6-15-12(17)8(2)16-11-5-4-9(13)7-10(11)14/h3-5,7-8,16H,1,6H2,2H3,(H,15,17). The fourth-order valence-electron chi connectivity index (χ4n) is 1.23. The number of hydrogen-bond donors (Lipinski definition) is 2. The fourth-order valence-corrected chi connectivity index (χ4v) is 1.56. The molecule has 0 heterocycles. The molecular formula is C12H14BrFN2O. The highest BCUT2D eigenvalue weighted by molar-refractivity contribution is 9.10. The van der Waals surface area contributed by atoms with Crippen molar-refractivity contribution < 1.29 is 9.18 Å². The molecule has 0 aliphatic rings. The van der Waals surface area contributed by atoms with E-state index in [1.165, 1.54) is 6.07 Å². The first-order valence-electron chi connectivity index (χ1n) is 5.14. The highest BCUT2D eigenvalue weighted by Gasteiger charge is 2.13. The number of nitrogens with one attached hydrogen (secondary N) is 2. The van der Waals surface area contributed by atoms with E-state index in [0.717, 1.165) is 0 Å². The largest absolute Gasteiger partial charge is 0.372 e. The third-order valence-electron chi connectivity index (χ3n) is 2.12. The molecule has 92 valence electrons. The number of hydrogen-bond acceptors (Lipinski definition) is 2. The van der Waals surface area contributed by atoms with Crippen LogP contribution in [0.25, 0.3) is 0 Å². The van der Waals surface area contributed by atoms with Gasteiger partial charge < -0.3 is 10.6 Å². The molecule has 0 spiro atoms. The Bertz CT molecular complexity index is 423. The molecule has 0 bridgehead atoms. The lowest BCUT2D eigenvalue weighted by Crippen LogP contribution is -2.37. The minimum atomic E-state index is -0.509. The topological polar surface area (TPSA) is 41.1 Å². The third-order valence-corrected chi connectivity index (χ3v) is 2.61. The first-order valence-corrected chi connectivity index (χ1v) is 5.94. The Morgan fingerprint density at radius 1 is 1.65 bits per heavy atom. The Morgan fingerprint density at radius 2 is 2.35 bits per heavy atom. The summed E-state index contributed by atoms with van der Waals surface area (Å²) in [6, 6.07) is 4.12. The lowest BCUT2D eigenvalue weighted by atomic mass is 10.2. The van der Waals surface area contributed by atoms with Crippen molar-refractivity contribution in [3.8, 4) is 0 Å². The van der Waals surface area contributed by atoms with E-state index < -0.39 is 11.9 Å². The van der Waals surface area contributed by atoms with E-state index in [1.807, 2.05) is 0 Å². The molecule has 0 saturated heterocycles. The van der Waals surface area contributed by atoms with Crippen LogP contribution in [-0.4, -0.2) is 18.5 Å². The second-order valence-corrected chi connectivity index (χ2v) is 4.44. The Balaban J connectivity index is 2.64. The number of carbonyl (C=O) groups is 1. The Morgan fingerprint density at radius 3 is 2.94 bits per heavy atom. The first-order chi connectivity index (χ1) is 8.04. The van der Waals surface area contributed by atoms with Gasteiger partial charge in [-0.3, -0.25) is 4.79 Å². The summed E-state index contributed by atoms with van der Waals surface area (Å²) < 4.78 is 14.1. The fraction of sp³-hybridized carbons (Fsp3) is 0.250. The number of amides is 1. The molecule has 1 aromatic rings. The van der Waals surface area contributed by atoms with Gasteiger partial charge in [0.25, 0.3) is 0 Å². The number of benzene rings is 1. The van der Waals surface area contributed by atoms with Crippen LogP contribution in [0, 0.1) is 5.82 Å². The molecule has 2 N–H and O–H groups in total. The quantitative estimate of drug-likeness (QED) is 0.821. The monoisotopic (exact) mass is 300 g/mol. The van der Waals surface area contributed by atoms with Crippen molar-refractivity contribution in [1.82, 2.24) is 5.32 Å². The first kappa shape index (κ1) is 13.7. The second-order valence-electron chi connectivity index (χ2n) is 3.52. The zero-order chi connectivity index (χ0) is 12.8. The molecular weight excluding hydrogens is 287 g/mol. The molecule has 1 atom stereocenters. The van der Waals surface area contributed by atoms with Crippen LogP contribution < -0.4 is 10.6 Å². The van der Waals surface area contributed by atoms with Gasteiger partial charge in [0, 0.05) is 11.0 Å². The van der Waals surface area contributed by atoms with E-state index >= 15 is 0 Å². The normalized spacial score (nSPS) is 11.7. The number of anilines is 1. The van der Waals surface area contributed by atoms with Crippen LogP contribution in [0.4, 0.5) is 10.1 Å². The molecule has 1 rings (SSSR count). The Kier molecular flexibility index (Phi) is 5.15. The van der Waals surface area contributed by atoms with Crippen molar-refractivity contribution in [2.75, 3.05) is 11.9 Å². The van der Waals surface area contributed by atoms with E-state index in [-0.39, 0.29) is 5.91 Å². The van der Waals surface area contributed by atoms with Crippen molar-refractivity contribution in [3.05, 3.63) is 41.1 Å². The summed E-state index contributed by atoms with van der Waals surface area (Å²) in [5, 5.41) is 5.44. The van der Waals surface area contributed by atoms with Gasteiger partial charge in [-0.1, -0.05) is 22.0 Å². The van der Waals surface area contributed by atoms with Gasteiger partial charge in [-0.05, 0) is 25.1 Å². The molecule has 3 nitrogen and oxygen atoms in total. The van der Waals surface area contributed by atoms with Crippen molar-refractivity contribution in [2.24, 2.45) is 0 Å². The SMILES string of the molecule is C=CCNC(=O)C(C)Nc1ccc(Br)cc1F. The molecule has 0 radical (unpaired) electrons. The van der Waals surface area contributed by atoms with Crippen molar-refractivity contribution in [1.29, 1.82) is 0 Å². The van der Waals surface area contributed by atoms with Crippen LogP contribution >= 0.6 is 15.9 Å². The molecule has 0 aliphatic carbocycles. The van der Waals surface area contributed by atoms with Gasteiger partial charge in [0.15, 0.2) is 0 Å². The molecule has 1 aromatic carbocycles. The van der Waals surface area contributed by atoms with E-state index in [1.54, 1.807) is 25.1 Å². The number of rotatable bonds is 5. The van der Waals surface area contributed by atoms with E-state index in [4.69, 9.17) is 0 Å². The van der Waals surface area contributed by atoms with Crippen LogP contribution in [-0.2, 0) is 4.79 Å². The molecule has 1 unspecified atom stereocenters. The molecule has 5 heteroatoms. The highest BCUT2D eigenvalue weighted by Crippen LogP contribution is 2.19. The van der Waals surface area contributed by atoms with Gasteiger partial charge in [-0.15, -0.1) is 6.58 Å². The third kappa shape index (κ3) is 4.19. The average molecular weight is 301 g/mol. The van der Waals surface area contributed by atoms with Gasteiger partial charge in [-0.25, -0.2) is 4.39 Å². The predicted octanol–water partition coefficient (Wildman–Crippen LogP) is 2.69. The summed E-state index contributed by atoms with van der Waals surface area (Å²) in [6.45, 7) is 5.56. The van der Waals surface area contributed by atoms with E-state index in [0.29, 0.717) is 16.7 Å². The number of carbonyl (C=O) groups excluding carboxylic acids is 1. The van der Waals surface area contributed by atoms with Crippen LogP contribution in [0.2, 0.25) is 0 Å². The molecule has 0 aliphatic heterocycles. The van der Waals surface area contributed by atoms with E-state index in [9.17, 15) is 9.18 Å². The second kappa shape index (κ2) is 6.39. The maximum atomic E-state index is 13.5. The smallest absolute Gasteiger partial charge is 0.242 e. The van der Waals surface area contributed by atoms with Crippen LogP contribution in [0.5, 0.6) is 0 Å². The summed E-state index contributed by atoms with van der Waals surface area (Å²) in [4.78, 5) is 11.5. The minimum absolute atomic E-state index is 0.202. The molecule has 0 fully saturated rings. The molecule has 0 saturated carbocycles. The summed E-state index contributed by atoms with van der Waals surface area (Å²) in [5.74, 6) is -0.602.